The van der Waals surface area contributed by atoms with Crippen LogP contribution < -0.4 is 5.32 Å². The molecular weight excluding hydrogens is 635 g/mol. The lowest BCUT2D eigenvalue weighted by atomic mass is 10.1. The van der Waals surface area contributed by atoms with E-state index in [4.69, 9.17) is 14.0 Å². The van der Waals surface area contributed by atoms with E-state index in [-0.39, 0.29) is 0 Å². The predicted molar refractivity (Wildman–Crippen MR) is 212 cm³/mol. The van der Waals surface area contributed by atoms with Gasteiger partial charge in [0.05, 0.1) is 20.3 Å². The molecule has 0 saturated heterocycles. The van der Waals surface area contributed by atoms with Crippen LogP contribution in [0.15, 0.2) is 24.3 Å². The molecule has 294 valence electrons. The summed E-state index contributed by atoms with van der Waals surface area (Å²) in [5, 5.41) is 3.44. The van der Waals surface area contributed by atoms with Crippen molar-refractivity contribution in [3.8, 4) is 0 Å². The molecule has 0 aromatic carbocycles. The van der Waals surface area contributed by atoms with Crippen molar-refractivity contribution >= 4 is 10.4 Å². The Hall–Kier alpha value is -0.770. The SMILES string of the molecule is CCCCCCCCC=CCCCCCCCCOCCNCCOCCCCCCCCC=CCCCCCCCC.COS(=O)(=O)O. The van der Waals surface area contributed by atoms with Crippen molar-refractivity contribution < 1.29 is 26.6 Å². The van der Waals surface area contributed by atoms with E-state index in [1.807, 2.05) is 0 Å². The summed E-state index contributed by atoms with van der Waals surface area (Å²) in [7, 11) is -3.29. The zero-order valence-electron chi connectivity index (χ0n) is 32.7. The van der Waals surface area contributed by atoms with Crippen LogP contribution in [0.2, 0.25) is 0 Å². The number of hydrogen-bond acceptors (Lipinski definition) is 6. The highest BCUT2D eigenvalue weighted by atomic mass is 32.3. The molecule has 0 bridgehead atoms. The van der Waals surface area contributed by atoms with Gasteiger partial charge in [0.1, 0.15) is 0 Å². The van der Waals surface area contributed by atoms with Crippen molar-refractivity contribution in [2.75, 3.05) is 46.6 Å². The first-order valence-electron chi connectivity index (χ1n) is 20.7. The monoisotopic (exact) mass is 718 g/mol. The van der Waals surface area contributed by atoms with Gasteiger partial charge in [-0.15, -0.1) is 0 Å². The quantitative estimate of drug-likeness (QED) is 0.0371. The Morgan fingerprint density at radius 3 is 1.00 bits per heavy atom. The van der Waals surface area contributed by atoms with Crippen LogP contribution in [-0.4, -0.2) is 59.6 Å². The summed E-state index contributed by atoms with van der Waals surface area (Å²) in [6.07, 6.45) is 47.6. The van der Waals surface area contributed by atoms with E-state index in [0.717, 1.165) is 46.6 Å². The number of ether oxygens (including phenoxy) is 2. The van der Waals surface area contributed by atoms with Gasteiger partial charge in [-0.05, 0) is 64.2 Å². The normalized spacial score (nSPS) is 11.9. The summed E-state index contributed by atoms with van der Waals surface area (Å²) in [6, 6.07) is 0. The maximum absolute atomic E-state index is 9.33. The molecule has 49 heavy (non-hydrogen) atoms. The van der Waals surface area contributed by atoms with Crippen LogP contribution in [0.5, 0.6) is 0 Å². The van der Waals surface area contributed by atoms with Crippen LogP contribution in [-0.2, 0) is 24.1 Å². The number of allylic oxidation sites excluding steroid dienone is 4. The average molecular weight is 718 g/mol. The first-order chi connectivity index (χ1) is 24.0. The summed E-state index contributed by atoms with van der Waals surface area (Å²) in [6.45, 7) is 9.91. The number of nitrogens with one attached hydrogen (secondary N) is 1. The van der Waals surface area contributed by atoms with Crippen LogP contribution in [0.1, 0.15) is 194 Å². The fourth-order valence-corrected chi connectivity index (χ4v) is 5.52. The highest BCUT2D eigenvalue weighted by Gasteiger charge is 1.96. The molecular formula is C41H83NO6S. The van der Waals surface area contributed by atoms with Gasteiger partial charge >= 0.3 is 10.4 Å². The fourth-order valence-electron chi connectivity index (χ4n) is 5.52. The Morgan fingerprint density at radius 2 is 0.714 bits per heavy atom. The zero-order valence-corrected chi connectivity index (χ0v) is 33.6. The molecule has 0 heterocycles. The standard InChI is InChI=1S/C40H79NO2.CH4O4S/c1-3-5-7-9-11-13-15-17-19-21-23-25-27-29-31-33-37-42-39-35-41-36-40-43-38-34-32-30-28-26-24-22-20-18-16-14-12-10-8-6-4-2;1-5-6(2,3)4/h17-20,41H,3-16,21-40H2,1-2H3;1H3,(H,2,3,4). The van der Waals surface area contributed by atoms with E-state index >= 15 is 0 Å². The molecule has 0 fully saturated rings. The Balaban J connectivity index is 0. The molecule has 0 aliphatic heterocycles. The van der Waals surface area contributed by atoms with Crippen LogP contribution in [0, 0.1) is 0 Å². The Bertz CT molecular complexity index is 713. The van der Waals surface area contributed by atoms with Crippen molar-refractivity contribution in [3.63, 3.8) is 0 Å². The van der Waals surface area contributed by atoms with E-state index in [0.29, 0.717) is 0 Å². The first-order valence-corrected chi connectivity index (χ1v) is 22.0. The molecule has 0 radical (unpaired) electrons. The Morgan fingerprint density at radius 1 is 0.449 bits per heavy atom. The molecule has 2 N–H and O–H groups in total. The van der Waals surface area contributed by atoms with Gasteiger partial charge in [-0.25, -0.2) is 0 Å². The van der Waals surface area contributed by atoms with Gasteiger partial charge in [0, 0.05) is 26.3 Å². The fraction of sp³-hybridized carbons (Fsp3) is 0.902. The lowest BCUT2D eigenvalue weighted by molar-refractivity contribution is 0.117. The third-order valence-corrected chi connectivity index (χ3v) is 9.08. The number of unbranched alkanes of at least 4 members (excludes halogenated alkanes) is 24. The maximum atomic E-state index is 9.33. The second kappa shape index (κ2) is 45.3. The van der Waals surface area contributed by atoms with E-state index in [9.17, 15) is 8.42 Å². The molecule has 8 heteroatoms. The molecule has 0 aromatic heterocycles. The second-order valence-electron chi connectivity index (χ2n) is 13.4. The summed E-state index contributed by atoms with van der Waals surface area (Å²) in [5.74, 6) is 0. The van der Waals surface area contributed by atoms with Crippen LogP contribution >= 0.6 is 0 Å². The van der Waals surface area contributed by atoms with E-state index in [1.165, 1.54) is 180 Å². The van der Waals surface area contributed by atoms with Gasteiger partial charge in [-0.2, -0.15) is 8.42 Å². The highest BCUT2D eigenvalue weighted by Crippen LogP contribution is 2.11. The summed E-state index contributed by atoms with van der Waals surface area (Å²) >= 11 is 0. The molecule has 0 amide bonds. The number of hydrogen-bond donors (Lipinski definition) is 2. The average Bonchev–Trinajstić information content (AvgIpc) is 3.09. The molecule has 0 atom stereocenters. The smallest absolute Gasteiger partial charge is 0.380 e. The van der Waals surface area contributed by atoms with Crippen LogP contribution in [0.4, 0.5) is 0 Å². The summed E-state index contributed by atoms with van der Waals surface area (Å²) < 4.78 is 41.3. The molecule has 0 spiro atoms. The topological polar surface area (TPSA) is 94.1 Å². The Labute approximate surface area is 306 Å². The number of rotatable bonds is 39. The highest BCUT2D eigenvalue weighted by molar-refractivity contribution is 7.80. The van der Waals surface area contributed by atoms with Crippen molar-refractivity contribution in [2.45, 2.75) is 194 Å². The Kier molecular flexibility index (Phi) is 46.5. The molecule has 7 nitrogen and oxygen atoms in total. The van der Waals surface area contributed by atoms with Crippen LogP contribution in [0.25, 0.3) is 0 Å². The van der Waals surface area contributed by atoms with Crippen molar-refractivity contribution in [2.24, 2.45) is 0 Å². The van der Waals surface area contributed by atoms with Gasteiger partial charge in [0.15, 0.2) is 0 Å². The van der Waals surface area contributed by atoms with Crippen LogP contribution in [0.3, 0.4) is 0 Å². The maximum Gasteiger partial charge on any atom is 0.397 e. The minimum atomic E-state index is -4.16. The molecule has 0 aliphatic carbocycles. The lowest BCUT2D eigenvalue weighted by Gasteiger charge is -2.07. The van der Waals surface area contributed by atoms with Gasteiger partial charge in [-0.3, -0.25) is 8.74 Å². The molecule has 0 aliphatic rings. The predicted octanol–water partition coefficient (Wildman–Crippen LogP) is 12.1. The van der Waals surface area contributed by atoms with Gasteiger partial charge in [0.2, 0.25) is 0 Å². The second-order valence-corrected chi connectivity index (χ2v) is 14.6. The van der Waals surface area contributed by atoms with Gasteiger partial charge < -0.3 is 14.8 Å². The van der Waals surface area contributed by atoms with Crippen molar-refractivity contribution in [1.29, 1.82) is 0 Å². The molecule has 0 unspecified atom stereocenters. The van der Waals surface area contributed by atoms with Crippen molar-refractivity contribution in [3.05, 3.63) is 24.3 Å². The van der Waals surface area contributed by atoms with Gasteiger partial charge in [0.25, 0.3) is 0 Å². The van der Waals surface area contributed by atoms with E-state index in [1.54, 1.807) is 0 Å². The van der Waals surface area contributed by atoms with E-state index in [2.05, 4.69) is 47.7 Å². The zero-order chi connectivity index (χ0) is 36.2. The molecule has 0 saturated carbocycles. The minimum absolute atomic E-state index is 0.819. The molecule has 0 aromatic rings. The lowest BCUT2D eigenvalue weighted by Crippen LogP contribution is -2.24. The largest absolute Gasteiger partial charge is 0.397 e. The minimum Gasteiger partial charge on any atom is -0.380 e. The van der Waals surface area contributed by atoms with Gasteiger partial charge in [-0.1, -0.05) is 154 Å². The summed E-state index contributed by atoms with van der Waals surface area (Å²) in [4.78, 5) is 0. The van der Waals surface area contributed by atoms with E-state index < -0.39 is 10.4 Å². The summed E-state index contributed by atoms with van der Waals surface area (Å²) in [5.41, 5.74) is 0. The van der Waals surface area contributed by atoms with Crippen molar-refractivity contribution in [1.82, 2.24) is 5.32 Å². The molecule has 0 rings (SSSR count). The third kappa shape index (κ3) is 54.2. The third-order valence-electron chi connectivity index (χ3n) is 8.66. The first kappa shape index (κ1) is 50.3.